The maximum atomic E-state index is 12.3. The van der Waals surface area contributed by atoms with Crippen LogP contribution in [0, 0.1) is 0 Å². The number of carbonyl (C=O) groups excluding carboxylic acids is 1. The molecule has 0 aliphatic rings. The average Bonchev–Trinajstić information content (AvgIpc) is 2.52. The lowest BCUT2D eigenvalue weighted by Gasteiger charge is -2.10. The molecular formula is C17H17NO3. The fraction of sp³-hybridized carbons (Fsp3) is 0.176. The molecule has 2 rings (SSSR count). The number of nitrogens with one attached hydrogen (secondary N) is 1. The molecule has 0 bridgehead atoms. The van der Waals surface area contributed by atoms with Crippen molar-refractivity contribution < 1.29 is 9.53 Å². The second-order valence-corrected chi connectivity index (χ2v) is 4.52. The number of carbonyl (C=O) groups is 1. The summed E-state index contributed by atoms with van der Waals surface area (Å²) >= 11 is 0. The van der Waals surface area contributed by atoms with Crippen molar-refractivity contribution in [2.24, 2.45) is 0 Å². The van der Waals surface area contributed by atoms with E-state index in [1.807, 2.05) is 32.1 Å². The van der Waals surface area contributed by atoms with Gasteiger partial charge in [0.15, 0.2) is 6.29 Å². The number of aromatic amines is 1. The van der Waals surface area contributed by atoms with E-state index in [9.17, 15) is 9.59 Å². The summed E-state index contributed by atoms with van der Waals surface area (Å²) < 4.78 is 5.12. The third kappa shape index (κ3) is 2.65. The maximum absolute atomic E-state index is 12.3. The molecular weight excluding hydrogens is 266 g/mol. The van der Waals surface area contributed by atoms with Crippen LogP contribution in [-0.4, -0.2) is 18.4 Å². The fourth-order valence-electron chi connectivity index (χ4n) is 2.31. The molecule has 0 aliphatic carbocycles. The molecule has 0 amide bonds. The van der Waals surface area contributed by atoms with Gasteiger partial charge in [-0.3, -0.25) is 9.59 Å². The molecule has 4 nitrogen and oxygen atoms in total. The number of methoxy groups -OCH3 is 1. The summed E-state index contributed by atoms with van der Waals surface area (Å²) in [7, 11) is 1.54. The Labute approximate surface area is 122 Å². The number of H-pyrrole nitrogens is 1. The number of fused-ring (bicyclic) bond motifs is 1. The molecule has 2 aromatic rings. The number of pyridine rings is 1. The SMILES string of the molecule is C/C=C\C(=C/C)c1[nH]c(=O)c2cc(OC)ccc2c1C=O. The van der Waals surface area contributed by atoms with Crippen LogP contribution in [0.25, 0.3) is 16.3 Å². The Hall–Kier alpha value is -2.62. The second kappa shape index (κ2) is 6.22. The highest BCUT2D eigenvalue weighted by Crippen LogP contribution is 2.25. The first-order valence-electron chi connectivity index (χ1n) is 6.64. The van der Waals surface area contributed by atoms with Crippen molar-refractivity contribution in [1.82, 2.24) is 4.98 Å². The van der Waals surface area contributed by atoms with E-state index < -0.39 is 0 Å². The van der Waals surface area contributed by atoms with Gasteiger partial charge in [0.25, 0.3) is 5.56 Å². The Bertz CT molecular complexity index is 798. The molecule has 1 aromatic carbocycles. The van der Waals surface area contributed by atoms with Crippen LogP contribution in [-0.2, 0) is 0 Å². The van der Waals surface area contributed by atoms with Gasteiger partial charge in [-0.25, -0.2) is 0 Å². The van der Waals surface area contributed by atoms with E-state index in [0.717, 1.165) is 11.9 Å². The van der Waals surface area contributed by atoms with Crippen LogP contribution in [0.3, 0.4) is 0 Å². The third-order valence-corrected chi connectivity index (χ3v) is 3.33. The third-order valence-electron chi connectivity index (χ3n) is 3.33. The molecule has 0 saturated carbocycles. The number of aldehydes is 1. The van der Waals surface area contributed by atoms with Crippen molar-refractivity contribution >= 4 is 22.6 Å². The van der Waals surface area contributed by atoms with Crippen LogP contribution in [0.5, 0.6) is 5.75 Å². The van der Waals surface area contributed by atoms with Gasteiger partial charge in [-0.1, -0.05) is 18.2 Å². The Balaban J connectivity index is 2.87. The van der Waals surface area contributed by atoms with Gasteiger partial charge in [0.1, 0.15) is 5.75 Å². The number of hydrogen-bond acceptors (Lipinski definition) is 3. The van der Waals surface area contributed by atoms with Crippen LogP contribution >= 0.6 is 0 Å². The zero-order valence-electron chi connectivity index (χ0n) is 12.3. The van der Waals surface area contributed by atoms with E-state index >= 15 is 0 Å². The van der Waals surface area contributed by atoms with Crippen LogP contribution in [0.1, 0.15) is 29.9 Å². The summed E-state index contributed by atoms with van der Waals surface area (Å²) in [5, 5.41) is 1.06. The standard InChI is InChI=1S/C17H17NO3/c1-4-6-11(5-2)16-15(10-19)13-8-7-12(21-3)9-14(13)17(20)18-16/h4-10H,1-3H3,(H,18,20)/b6-4-,11-5+. The molecule has 0 fully saturated rings. The Morgan fingerprint density at radius 3 is 2.57 bits per heavy atom. The molecule has 1 N–H and O–H groups in total. The second-order valence-electron chi connectivity index (χ2n) is 4.52. The van der Waals surface area contributed by atoms with Gasteiger partial charge in [0.2, 0.25) is 0 Å². The Morgan fingerprint density at radius 1 is 1.24 bits per heavy atom. The zero-order chi connectivity index (χ0) is 15.4. The van der Waals surface area contributed by atoms with Crippen molar-refractivity contribution in [3.05, 3.63) is 58.0 Å². The molecule has 4 heteroatoms. The predicted molar refractivity (Wildman–Crippen MR) is 85.0 cm³/mol. The summed E-state index contributed by atoms with van der Waals surface area (Å²) in [5.41, 5.74) is 1.56. The molecule has 1 aromatic heterocycles. The topological polar surface area (TPSA) is 59.2 Å². The number of rotatable bonds is 4. The minimum absolute atomic E-state index is 0.242. The van der Waals surface area contributed by atoms with Crippen LogP contribution in [0.2, 0.25) is 0 Å². The zero-order valence-corrected chi connectivity index (χ0v) is 12.3. The molecule has 108 valence electrons. The summed E-state index contributed by atoms with van der Waals surface area (Å²) in [6.45, 7) is 3.74. The molecule has 21 heavy (non-hydrogen) atoms. The molecule has 0 spiro atoms. The molecule has 0 atom stereocenters. The van der Waals surface area contributed by atoms with Crippen LogP contribution in [0.15, 0.2) is 41.2 Å². The fourth-order valence-corrected chi connectivity index (χ4v) is 2.31. The van der Waals surface area contributed by atoms with Gasteiger partial charge in [0, 0.05) is 10.9 Å². The smallest absolute Gasteiger partial charge is 0.256 e. The summed E-state index contributed by atoms with van der Waals surface area (Å²) in [5.74, 6) is 0.581. The number of aromatic nitrogens is 1. The van der Waals surface area contributed by atoms with E-state index in [1.54, 1.807) is 18.2 Å². The van der Waals surface area contributed by atoms with Crippen molar-refractivity contribution in [1.29, 1.82) is 0 Å². The van der Waals surface area contributed by atoms with Crippen molar-refractivity contribution in [2.75, 3.05) is 7.11 Å². The van der Waals surface area contributed by atoms with E-state index in [0.29, 0.717) is 27.8 Å². The van der Waals surface area contributed by atoms with Gasteiger partial charge in [-0.05, 0) is 37.6 Å². The van der Waals surface area contributed by atoms with Crippen molar-refractivity contribution in [2.45, 2.75) is 13.8 Å². The van der Waals surface area contributed by atoms with Gasteiger partial charge in [-0.2, -0.15) is 0 Å². The van der Waals surface area contributed by atoms with Gasteiger partial charge < -0.3 is 9.72 Å². The lowest BCUT2D eigenvalue weighted by Crippen LogP contribution is -2.12. The summed E-state index contributed by atoms with van der Waals surface area (Å²) in [4.78, 5) is 26.6. The molecule has 1 heterocycles. The monoisotopic (exact) mass is 283 g/mol. The van der Waals surface area contributed by atoms with E-state index in [1.165, 1.54) is 7.11 Å². The van der Waals surface area contributed by atoms with Crippen LogP contribution in [0.4, 0.5) is 0 Å². The first kappa shape index (κ1) is 14.8. The summed E-state index contributed by atoms with van der Waals surface area (Å²) in [6, 6.07) is 5.11. The highest BCUT2D eigenvalue weighted by atomic mass is 16.5. The Morgan fingerprint density at radius 2 is 2.00 bits per heavy atom. The molecule has 0 saturated heterocycles. The van der Waals surface area contributed by atoms with Crippen molar-refractivity contribution in [3.63, 3.8) is 0 Å². The minimum atomic E-state index is -0.242. The number of benzene rings is 1. The lowest BCUT2D eigenvalue weighted by atomic mass is 10.00. The molecule has 0 aliphatic heterocycles. The number of ether oxygens (including phenoxy) is 1. The quantitative estimate of drug-likeness (QED) is 0.691. The van der Waals surface area contributed by atoms with Crippen LogP contribution < -0.4 is 10.3 Å². The van der Waals surface area contributed by atoms with Gasteiger partial charge >= 0.3 is 0 Å². The number of hydrogen-bond donors (Lipinski definition) is 1. The molecule has 0 unspecified atom stereocenters. The van der Waals surface area contributed by atoms with E-state index in [-0.39, 0.29) is 5.56 Å². The summed E-state index contributed by atoms with van der Waals surface area (Å²) in [6.07, 6.45) is 6.34. The molecule has 0 radical (unpaired) electrons. The highest BCUT2D eigenvalue weighted by molar-refractivity contribution is 6.02. The Kier molecular flexibility index (Phi) is 4.38. The first-order valence-corrected chi connectivity index (χ1v) is 6.64. The van der Waals surface area contributed by atoms with E-state index in [4.69, 9.17) is 4.74 Å². The van der Waals surface area contributed by atoms with Gasteiger partial charge in [-0.15, -0.1) is 0 Å². The average molecular weight is 283 g/mol. The highest BCUT2D eigenvalue weighted by Gasteiger charge is 2.13. The predicted octanol–water partition coefficient (Wildman–Crippen LogP) is 3.33. The van der Waals surface area contributed by atoms with Crippen molar-refractivity contribution in [3.8, 4) is 5.75 Å². The maximum Gasteiger partial charge on any atom is 0.256 e. The van der Waals surface area contributed by atoms with Gasteiger partial charge in [0.05, 0.1) is 18.2 Å². The largest absolute Gasteiger partial charge is 0.497 e. The van der Waals surface area contributed by atoms with E-state index in [2.05, 4.69) is 4.98 Å². The number of allylic oxidation sites excluding steroid dienone is 4. The first-order chi connectivity index (χ1) is 10.2. The minimum Gasteiger partial charge on any atom is -0.497 e. The lowest BCUT2D eigenvalue weighted by molar-refractivity contribution is 0.112. The normalized spacial score (nSPS) is 12.0.